The van der Waals surface area contributed by atoms with Crippen LogP contribution >= 0.6 is 0 Å². The van der Waals surface area contributed by atoms with E-state index in [2.05, 4.69) is 27.4 Å². The summed E-state index contributed by atoms with van der Waals surface area (Å²) in [6.07, 6.45) is 3.04. The van der Waals surface area contributed by atoms with Crippen LogP contribution in [0.3, 0.4) is 0 Å². The normalized spacial score (nSPS) is 55.5. The van der Waals surface area contributed by atoms with Crippen molar-refractivity contribution in [3.63, 3.8) is 0 Å². The summed E-state index contributed by atoms with van der Waals surface area (Å²) in [5.41, 5.74) is -0.352. The van der Waals surface area contributed by atoms with E-state index in [0.717, 1.165) is 44.1 Å². The second-order valence-corrected chi connectivity index (χ2v) is 19.4. The van der Waals surface area contributed by atoms with E-state index >= 15 is 0 Å². The van der Waals surface area contributed by atoms with E-state index in [9.17, 15) is 25.5 Å². The van der Waals surface area contributed by atoms with E-state index in [1.165, 1.54) is 0 Å². The molecule has 12 nitrogen and oxygen atoms in total. The van der Waals surface area contributed by atoms with Crippen LogP contribution in [-0.2, 0) is 33.2 Å². The molecule has 4 saturated carbocycles. The highest BCUT2D eigenvalue weighted by molar-refractivity contribution is 5.32. The van der Waals surface area contributed by atoms with Gasteiger partial charge < -0.3 is 58.7 Å². The predicted octanol–water partition coefficient (Wildman–Crippen LogP) is 4.48. The highest BCUT2D eigenvalue weighted by Crippen LogP contribution is 2.70. The van der Waals surface area contributed by atoms with Gasteiger partial charge in [-0.05, 0) is 119 Å². The van der Waals surface area contributed by atoms with Crippen LogP contribution in [0.1, 0.15) is 112 Å². The molecule has 12 heteroatoms. The van der Waals surface area contributed by atoms with Crippen LogP contribution in [-0.4, -0.2) is 118 Å². The number of aliphatic hydroxyl groups is 5. The molecule has 0 amide bonds. The highest BCUT2D eigenvalue weighted by atomic mass is 16.7. The fraction of sp³-hybridized carbons (Fsp3) is 0.907. The molecule has 0 aromatic carbocycles. The summed E-state index contributed by atoms with van der Waals surface area (Å²) in [7, 11) is 0. The third kappa shape index (κ3) is 6.98. The predicted molar refractivity (Wildman–Crippen MR) is 200 cm³/mol. The van der Waals surface area contributed by atoms with Gasteiger partial charge in [0.25, 0.3) is 0 Å². The Bertz CT molecular complexity index is 1410. The van der Waals surface area contributed by atoms with Crippen LogP contribution in [0.25, 0.3) is 0 Å². The first-order valence-electron chi connectivity index (χ1n) is 21.4. The van der Waals surface area contributed by atoms with Crippen LogP contribution < -0.4 is 0 Å². The van der Waals surface area contributed by atoms with E-state index in [4.69, 9.17) is 33.2 Å². The van der Waals surface area contributed by atoms with E-state index in [1.54, 1.807) is 6.92 Å². The van der Waals surface area contributed by atoms with Crippen LogP contribution in [0.4, 0.5) is 0 Å². The zero-order chi connectivity index (χ0) is 39.2. The second kappa shape index (κ2) is 15.1. The average Bonchev–Trinajstić information content (AvgIpc) is 3.67. The zero-order valence-corrected chi connectivity index (χ0v) is 33.8. The molecule has 4 aliphatic heterocycles. The molecule has 21 atom stereocenters. The molecule has 0 aromatic heterocycles. The highest BCUT2D eigenvalue weighted by Gasteiger charge is 2.70. The Morgan fingerprint density at radius 2 is 1.36 bits per heavy atom. The van der Waals surface area contributed by atoms with Crippen molar-refractivity contribution in [3.8, 4) is 0 Å². The third-order valence-corrected chi connectivity index (χ3v) is 16.3. The van der Waals surface area contributed by atoms with Crippen LogP contribution in [0, 0.1) is 40.4 Å². The van der Waals surface area contributed by atoms with Gasteiger partial charge in [-0.1, -0.05) is 27.4 Å². The monoisotopic (exact) mass is 776 g/mol. The van der Waals surface area contributed by atoms with Gasteiger partial charge in [0.2, 0.25) is 0 Å². The summed E-state index contributed by atoms with van der Waals surface area (Å²) in [5.74, 6) is 1.64. The Labute approximate surface area is 326 Å². The van der Waals surface area contributed by atoms with E-state index < -0.39 is 72.6 Å². The van der Waals surface area contributed by atoms with Gasteiger partial charge in [-0.25, -0.2) is 0 Å². The van der Waals surface area contributed by atoms with E-state index in [0.29, 0.717) is 44.0 Å². The quantitative estimate of drug-likeness (QED) is 0.231. The van der Waals surface area contributed by atoms with Crippen molar-refractivity contribution in [2.75, 3.05) is 6.61 Å². The maximum absolute atomic E-state index is 12.6. The fourth-order valence-corrected chi connectivity index (χ4v) is 13.1. The molecule has 55 heavy (non-hydrogen) atoms. The Hall–Kier alpha value is -1.16. The minimum Gasteiger partial charge on any atom is -0.490 e. The van der Waals surface area contributed by atoms with Gasteiger partial charge in [0, 0.05) is 24.7 Å². The number of fused-ring (bicyclic) bond motifs is 5. The summed E-state index contributed by atoms with van der Waals surface area (Å²) in [4.78, 5) is 0. The standard InChI is InChI=1S/C43H68O12/c1-21-14-35(51-24(4)39(21)54-37-18-32(44)38(47)23(3)50-37)55-40-25(5)52-36(19-33(40)45)53-28-10-12-41(6)27(16-28)8-9-30-31(41)17-34(46)42(7)29(11-13-43(30,42)48)26-15-22(2)49-20-26/h15,21,23-25,27-40,44-48H,2,8-14,16-20H2,1,3-7H3. The van der Waals surface area contributed by atoms with Crippen LogP contribution in [0.2, 0.25) is 0 Å². The van der Waals surface area contributed by atoms with Gasteiger partial charge in [0.15, 0.2) is 18.9 Å². The maximum Gasteiger partial charge on any atom is 0.161 e. The number of allylic oxidation sites excluding steroid dienone is 1. The molecule has 8 aliphatic rings. The summed E-state index contributed by atoms with van der Waals surface area (Å²) in [6.45, 7) is 16.7. The molecule has 7 fully saturated rings. The lowest BCUT2D eigenvalue weighted by molar-refractivity contribution is -0.331. The molecule has 8 rings (SSSR count). The first-order chi connectivity index (χ1) is 26.0. The second-order valence-electron chi connectivity index (χ2n) is 19.4. The third-order valence-electron chi connectivity index (χ3n) is 16.3. The van der Waals surface area contributed by atoms with Gasteiger partial charge in [0.1, 0.15) is 24.6 Å². The van der Waals surface area contributed by atoms with Crippen LogP contribution in [0.5, 0.6) is 0 Å². The van der Waals surface area contributed by atoms with E-state index in [-0.39, 0.29) is 53.8 Å². The number of hydrogen-bond donors (Lipinski definition) is 5. The molecule has 3 saturated heterocycles. The molecule has 4 heterocycles. The number of rotatable bonds is 7. The minimum atomic E-state index is -0.937. The van der Waals surface area contributed by atoms with Crippen LogP contribution in [0.15, 0.2) is 24.0 Å². The lowest BCUT2D eigenvalue weighted by Gasteiger charge is -2.65. The lowest BCUT2D eigenvalue weighted by atomic mass is 9.42. The van der Waals surface area contributed by atoms with Gasteiger partial charge in [0.05, 0.1) is 54.4 Å². The molecule has 21 unspecified atom stereocenters. The van der Waals surface area contributed by atoms with Crippen molar-refractivity contribution in [2.45, 2.75) is 198 Å². The smallest absolute Gasteiger partial charge is 0.161 e. The average molecular weight is 777 g/mol. The lowest BCUT2D eigenvalue weighted by Crippen LogP contribution is -2.67. The van der Waals surface area contributed by atoms with Crippen molar-refractivity contribution in [2.24, 2.45) is 40.4 Å². The largest absolute Gasteiger partial charge is 0.490 e. The molecule has 4 aliphatic carbocycles. The summed E-state index contributed by atoms with van der Waals surface area (Å²) in [6, 6.07) is 0. The molecule has 0 bridgehead atoms. The number of ether oxygens (including phenoxy) is 7. The molecule has 312 valence electrons. The first-order valence-corrected chi connectivity index (χ1v) is 21.4. The Kier molecular flexibility index (Phi) is 11.2. The van der Waals surface area contributed by atoms with Gasteiger partial charge in [-0.15, -0.1) is 0 Å². The minimum absolute atomic E-state index is 0.00596. The maximum atomic E-state index is 12.6. The Morgan fingerprint density at radius 1 is 0.709 bits per heavy atom. The number of aliphatic hydroxyl groups excluding tert-OH is 4. The molecule has 5 N–H and O–H groups in total. The summed E-state index contributed by atoms with van der Waals surface area (Å²) < 4.78 is 43.4. The zero-order valence-electron chi connectivity index (χ0n) is 33.8. The Morgan fingerprint density at radius 3 is 2.04 bits per heavy atom. The van der Waals surface area contributed by atoms with E-state index in [1.807, 2.05) is 19.9 Å². The van der Waals surface area contributed by atoms with Gasteiger partial charge in [-0.3, -0.25) is 0 Å². The summed E-state index contributed by atoms with van der Waals surface area (Å²) >= 11 is 0. The molecular formula is C43H68O12. The molecule has 0 aromatic rings. The summed E-state index contributed by atoms with van der Waals surface area (Å²) in [5, 5.41) is 56.2. The number of hydrogen-bond acceptors (Lipinski definition) is 12. The molecular weight excluding hydrogens is 708 g/mol. The van der Waals surface area contributed by atoms with Crippen molar-refractivity contribution < 1.29 is 58.7 Å². The molecule has 0 radical (unpaired) electrons. The van der Waals surface area contributed by atoms with Gasteiger partial charge in [-0.2, -0.15) is 0 Å². The first kappa shape index (κ1) is 40.6. The van der Waals surface area contributed by atoms with Crippen molar-refractivity contribution in [1.29, 1.82) is 0 Å². The van der Waals surface area contributed by atoms with Crippen molar-refractivity contribution >= 4 is 0 Å². The van der Waals surface area contributed by atoms with Crippen molar-refractivity contribution in [3.05, 3.63) is 24.0 Å². The SMILES string of the molecule is C=C1C=C(C2CCC3(O)C4CCC5CC(OC6CC(O)C(OC7CC(C)C(OC8CC(O)C(O)C(C)O8)C(C)O7)C(C)O6)CCC5(C)C4CC(O)C23C)CO1. The topological polar surface area (TPSA) is 166 Å². The fourth-order valence-electron chi connectivity index (χ4n) is 13.1. The van der Waals surface area contributed by atoms with Gasteiger partial charge >= 0.3 is 0 Å². The van der Waals surface area contributed by atoms with Crippen molar-refractivity contribution in [1.82, 2.24) is 0 Å². The Balaban J connectivity index is 0.837. The molecule has 0 spiro atoms.